The lowest BCUT2D eigenvalue weighted by molar-refractivity contribution is -0.136. The first-order valence-electron chi connectivity index (χ1n) is 6.44. The van der Waals surface area contributed by atoms with E-state index in [9.17, 15) is 14.4 Å². The van der Waals surface area contributed by atoms with Crippen LogP contribution >= 0.6 is 0 Å². The second-order valence-electron chi connectivity index (χ2n) is 4.35. The van der Waals surface area contributed by atoms with Crippen molar-refractivity contribution >= 4 is 17.6 Å². The maximum absolute atomic E-state index is 12.2. The summed E-state index contributed by atoms with van der Waals surface area (Å²) in [6, 6.07) is 1.44. The van der Waals surface area contributed by atoms with Gasteiger partial charge in [0.1, 0.15) is 12.4 Å². The molecule has 116 valence electrons. The Morgan fingerprint density at radius 2 is 2.14 bits per heavy atom. The van der Waals surface area contributed by atoms with E-state index in [0.717, 1.165) is 4.57 Å². The molecule has 0 aromatic carbocycles. The lowest BCUT2D eigenvalue weighted by Crippen LogP contribution is -2.44. The van der Waals surface area contributed by atoms with E-state index >= 15 is 0 Å². The highest BCUT2D eigenvalue weighted by molar-refractivity contribution is 5.84. The smallest absolute Gasteiger partial charge is 0.349 e. The predicted molar refractivity (Wildman–Crippen MR) is 77.5 cm³/mol. The minimum absolute atomic E-state index is 0.0613. The Balaban J connectivity index is 2.79. The molecule has 0 saturated carbocycles. The first kappa shape index (κ1) is 16.6. The minimum atomic E-state index is -0.600. The van der Waals surface area contributed by atoms with Crippen LogP contribution in [0.5, 0.6) is 0 Å². The number of aromatic nitrogens is 2. The first-order valence-corrected chi connectivity index (χ1v) is 6.44. The SMILES string of the molecule is CNCCN(CC(=O)NC)C(=O)Cn1ccc(N)nc1=O. The average molecular weight is 296 g/mol. The average Bonchev–Trinajstić information content (AvgIpc) is 2.45. The lowest BCUT2D eigenvalue weighted by atomic mass is 10.4. The highest BCUT2D eigenvalue weighted by atomic mass is 16.2. The molecule has 2 amide bonds. The van der Waals surface area contributed by atoms with Crippen LogP contribution in [0, 0.1) is 0 Å². The van der Waals surface area contributed by atoms with Gasteiger partial charge in [0.25, 0.3) is 0 Å². The van der Waals surface area contributed by atoms with Gasteiger partial charge in [-0.05, 0) is 13.1 Å². The predicted octanol–water partition coefficient (Wildman–Crippen LogP) is -2.38. The Kier molecular flexibility index (Phi) is 6.34. The Labute approximate surface area is 122 Å². The van der Waals surface area contributed by atoms with Crippen molar-refractivity contribution in [2.45, 2.75) is 6.54 Å². The van der Waals surface area contributed by atoms with Crippen molar-refractivity contribution in [2.75, 3.05) is 39.5 Å². The molecule has 1 heterocycles. The van der Waals surface area contributed by atoms with Crippen LogP contribution in [0.15, 0.2) is 17.1 Å². The van der Waals surface area contributed by atoms with Crippen molar-refractivity contribution in [3.05, 3.63) is 22.7 Å². The number of hydrogen-bond acceptors (Lipinski definition) is 6. The van der Waals surface area contributed by atoms with E-state index in [1.54, 1.807) is 7.05 Å². The lowest BCUT2D eigenvalue weighted by Gasteiger charge is -2.22. The number of anilines is 1. The summed E-state index contributed by atoms with van der Waals surface area (Å²) in [6.45, 7) is 0.651. The van der Waals surface area contributed by atoms with E-state index in [-0.39, 0.29) is 30.7 Å². The molecule has 1 aromatic rings. The van der Waals surface area contributed by atoms with Gasteiger partial charge in [-0.15, -0.1) is 0 Å². The molecule has 0 bridgehead atoms. The molecule has 0 radical (unpaired) electrons. The van der Waals surface area contributed by atoms with Gasteiger partial charge >= 0.3 is 5.69 Å². The molecule has 0 aliphatic rings. The molecule has 9 heteroatoms. The van der Waals surface area contributed by atoms with E-state index < -0.39 is 5.69 Å². The van der Waals surface area contributed by atoms with Crippen molar-refractivity contribution in [3.63, 3.8) is 0 Å². The van der Waals surface area contributed by atoms with Crippen molar-refractivity contribution in [3.8, 4) is 0 Å². The van der Waals surface area contributed by atoms with Crippen LogP contribution in [-0.4, -0.2) is 60.0 Å². The number of hydrogen-bond donors (Lipinski definition) is 3. The molecule has 1 aromatic heterocycles. The Bertz CT molecular complexity index is 556. The number of nitrogens with zero attached hydrogens (tertiary/aromatic N) is 3. The van der Waals surface area contributed by atoms with Gasteiger partial charge in [0.2, 0.25) is 11.8 Å². The molecular formula is C12H20N6O3. The number of nitrogens with two attached hydrogens (primary N) is 1. The number of carbonyl (C=O) groups is 2. The summed E-state index contributed by atoms with van der Waals surface area (Å²) in [7, 11) is 3.24. The Morgan fingerprint density at radius 3 is 2.71 bits per heavy atom. The summed E-state index contributed by atoms with van der Waals surface area (Å²) < 4.78 is 1.15. The van der Waals surface area contributed by atoms with Gasteiger partial charge in [-0.2, -0.15) is 4.98 Å². The van der Waals surface area contributed by atoms with Crippen molar-refractivity contribution in [1.82, 2.24) is 25.1 Å². The second-order valence-corrected chi connectivity index (χ2v) is 4.35. The van der Waals surface area contributed by atoms with E-state index in [4.69, 9.17) is 5.73 Å². The van der Waals surface area contributed by atoms with E-state index in [0.29, 0.717) is 13.1 Å². The van der Waals surface area contributed by atoms with Crippen molar-refractivity contribution in [2.24, 2.45) is 0 Å². The maximum Gasteiger partial charge on any atom is 0.349 e. The number of carbonyl (C=O) groups excluding carboxylic acids is 2. The fourth-order valence-corrected chi connectivity index (χ4v) is 1.60. The zero-order valence-electron chi connectivity index (χ0n) is 12.1. The molecule has 9 nitrogen and oxygen atoms in total. The van der Waals surface area contributed by atoms with E-state index in [1.165, 1.54) is 24.2 Å². The molecule has 0 aliphatic heterocycles. The molecule has 0 unspecified atom stereocenters. The maximum atomic E-state index is 12.2. The van der Waals surface area contributed by atoms with E-state index in [2.05, 4.69) is 15.6 Å². The summed E-state index contributed by atoms with van der Waals surface area (Å²) in [5.74, 6) is -0.522. The summed E-state index contributed by atoms with van der Waals surface area (Å²) in [5, 5.41) is 5.36. The molecule has 0 atom stereocenters. The molecule has 0 saturated heterocycles. The molecule has 0 aliphatic carbocycles. The normalized spacial score (nSPS) is 10.2. The second kappa shape index (κ2) is 8.00. The number of nitrogen functional groups attached to an aromatic ring is 1. The standard InChI is InChI=1S/C12H20N6O3/c1-14-4-6-17(7-10(19)15-2)11(20)8-18-5-3-9(13)16-12(18)21/h3,5,14H,4,6-8H2,1-2H3,(H,15,19)(H2,13,16,21). The zero-order valence-corrected chi connectivity index (χ0v) is 12.1. The third-order valence-electron chi connectivity index (χ3n) is 2.80. The molecule has 0 fully saturated rings. The highest BCUT2D eigenvalue weighted by Crippen LogP contribution is 1.95. The third kappa shape index (κ3) is 5.22. The largest absolute Gasteiger partial charge is 0.383 e. The van der Waals surface area contributed by atoms with Crippen LogP contribution in [0.3, 0.4) is 0 Å². The number of rotatable bonds is 7. The van der Waals surface area contributed by atoms with Crippen LogP contribution in [0.2, 0.25) is 0 Å². The van der Waals surface area contributed by atoms with Crippen LogP contribution in [0.25, 0.3) is 0 Å². The van der Waals surface area contributed by atoms with Gasteiger partial charge in [-0.25, -0.2) is 4.79 Å². The zero-order chi connectivity index (χ0) is 15.8. The number of nitrogens with one attached hydrogen (secondary N) is 2. The summed E-state index contributed by atoms with van der Waals surface area (Å²) in [6.07, 6.45) is 1.40. The van der Waals surface area contributed by atoms with Crippen LogP contribution < -0.4 is 22.1 Å². The van der Waals surface area contributed by atoms with Gasteiger partial charge in [0.05, 0.1) is 6.54 Å². The first-order chi connectivity index (χ1) is 9.97. The molecular weight excluding hydrogens is 276 g/mol. The number of amides is 2. The Morgan fingerprint density at radius 1 is 1.43 bits per heavy atom. The third-order valence-corrected chi connectivity index (χ3v) is 2.80. The van der Waals surface area contributed by atoms with Crippen molar-refractivity contribution < 1.29 is 9.59 Å². The van der Waals surface area contributed by atoms with Gasteiger partial charge in [0.15, 0.2) is 0 Å². The molecule has 0 spiro atoms. The van der Waals surface area contributed by atoms with Crippen LogP contribution in [0.1, 0.15) is 0 Å². The van der Waals surface area contributed by atoms with Crippen LogP contribution in [0.4, 0.5) is 5.82 Å². The summed E-state index contributed by atoms with van der Waals surface area (Å²) >= 11 is 0. The number of likely N-dealkylation sites (N-methyl/N-ethyl adjacent to an activating group) is 2. The minimum Gasteiger partial charge on any atom is -0.383 e. The van der Waals surface area contributed by atoms with Crippen molar-refractivity contribution in [1.29, 1.82) is 0 Å². The summed E-state index contributed by atoms with van der Waals surface area (Å²) in [4.78, 5) is 40.2. The van der Waals surface area contributed by atoms with Gasteiger partial charge < -0.3 is 21.3 Å². The Hall–Kier alpha value is -2.42. The van der Waals surface area contributed by atoms with Crippen LogP contribution in [-0.2, 0) is 16.1 Å². The fourth-order valence-electron chi connectivity index (χ4n) is 1.60. The molecule has 1 rings (SSSR count). The fraction of sp³-hybridized carbons (Fsp3) is 0.500. The van der Waals surface area contributed by atoms with Gasteiger partial charge in [0, 0.05) is 26.3 Å². The quantitative estimate of drug-likeness (QED) is 0.516. The van der Waals surface area contributed by atoms with Gasteiger partial charge in [-0.1, -0.05) is 0 Å². The molecule has 21 heavy (non-hydrogen) atoms. The summed E-state index contributed by atoms with van der Waals surface area (Å²) in [5.41, 5.74) is 4.79. The van der Waals surface area contributed by atoms with E-state index in [1.807, 2.05) is 0 Å². The molecule has 4 N–H and O–H groups in total. The monoisotopic (exact) mass is 296 g/mol. The van der Waals surface area contributed by atoms with Gasteiger partial charge in [-0.3, -0.25) is 14.2 Å². The topological polar surface area (TPSA) is 122 Å². The highest BCUT2D eigenvalue weighted by Gasteiger charge is 2.17.